The zero-order chi connectivity index (χ0) is 32.0. The smallest absolute Gasteiger partial charge is 0.270 e. The van der Waals surface area contributed by atoms with Crippen molar-refractivity contribution in [1.82, 2.24) is 10.2 Å². The number of hydrogen-bond acceptors (Lipinski definition) is 7. The number of fused-ring (bicyclic) bond motifs is 1. The van der Waals surface area contributed by atoms with Crippen molar-refractivity contribution in [2.75, 3.05) is 63.3 Å². The SMILES string of the molecule is CCOCCN1C(=O)C(C)(C)Oc2ccc(N(C(=O)[C@H]3CNC[C@@H](C(=O)CCCC(CC(C)C)CN(C)C)C3)C3CC3)cc21. The Kier molecular flexibility index (Phi) is 11.9. The standard InChI is InChI=1S/C35H56N4O5/c1-8-43-17-16-38-30-20-29(14-15-32(30)44-35(4,5)34(38)42)39(28-12-13-28)33(41)27-19-26(21-36-22-27)31(40)11-9-10-25(18-24(2)3)23-37(6)7/h14-15,20,24-28,36H,8-13,16-19,21-23H2,1-7H3/t25?,26-,27+/m0/s1. The van der Waals surface area contributed by atoms with Gasteiger partial charge >= 0.3 is 0 Å². The number of carbonyl (C=O) groups excluding carboxylic acids is 3. The van der Waals surface area contributed by atoms with E-state index in [9.17, 15) is 14.4 Å². The summed E-state index contributed by atoms with van der Waals surface area (Å²) in [5.41, 5.74) is 0.466. The average Bonchev–Trinajstić information content (AvgIpc) is 3.80. The number of ether oxygens (including phenoxy) is 2. The predicted octanol–water partition coefficient (Wildman–Crippen LogP) is 4.91. The Labute approximate surface area is 265 Å². The molecule has 9 nitrogen and oxygen atoms in total. The molecule has 0 spiro atoms. The lowest BCUT2D eigenvalue weighted by atomic mass is 9.84. The summed E-state index contributed by atoms with van der Waals surface area (Å²) >= 11 is 0. The molecule has 0 bridgehead atoms. The molecule has 1 aromatic rings. The van der Waals surface area contributed by atoms with E-state index in [4.69, 9.17) is 9.47 Å². The molecule has 0 aromatic heterocycles. The normalized spacial score (nSPS) is 22.1. The van der Waals surface area contributed by atoms with Crippen LogP contribution in [0.1, 0.15) is 79.6 Å². The van der Waals surface area contributed by atoms with Crippen LogP contribution in [0, 0.1) is 23.7 Å². The molecule has 2 heterocycles. The molecule has 2 amide bonds. The van der Waals surface area contributed by atoms with Gasteiger partial charge in [-0.1, -0.05) is 13.8 Å². The van der Waals surface area contributed by atoms with E-state index in [1.807, 2.05) is 30.0 Å². The van der Waals surface area contributed by atoms with Gasteiger partial charge < -0.3 is 29.5 Å². The molecule has 9 heteroatoms. The Hall–Kier alpha value is -2.49. The Bertz CT molecular complexity index is 1140. The number of ketones is 1. The Morgan fingerprint density at radius 1 is 1.16 bits per heavy atom. The van der Waals surface area contributed by atoms with Gasteiger partial charge in [-0.15, -0.1) is 0 Å². The Morgan fingerprint density at radius 3 is 2.55 bits per heavy atom. The number of anilines is 2. The summed E-state index contributed by atoms with van der Waals surface area (Å²) in [6, 6.07) is 5.87. The average molecular weight is 613 g/mol. The second-order valence-corrected chi connectivity index (χ2v) is 14.3. The largest absolute Gasteiger partial charge is 0.476 e. The first-order valence-corrected chi connectivity index (χ1v) is 16.8. The van der Waals surface area contributed by atoms with Gasteiger partial charge in [0.05, 0.1) is 18.2 Å². The van der Waals surface area contributed by atoms with E-state index in [1.165, 1.54) is 6.42 Å². The highest BCUT2D eigenvalue weighted by Crippen LogP contribution is 2.43. The molecule has 1 aromatic carbocycles. The third-order valence-corrected chi connectivity index (χ3v) is 9.07. The minimum atomic E-state index is -0.982. The van der Waals surface area contributed by atoms with Crippen molar-refractivity contribution < 1.29 is 23.9 Å². The van der Waals surface area contributed by atoms with Crippen molar-refractivity contribution in [1.29, 1.82) is 0 Å². The molecular formula is C35H56N4O5. The second kappa shape index (κ2) is 15.2. The maximum Gasteiger partial charge on any atom is 0.270 e. The number of amides is 2. The number of rotatable bonds is 16. The van der Waals surface area contributed by atoms with Gasteiger partial charge in [0.15, 0.2) is 5.60 Å². The van der Waals surface area contributed by atoms with E-state index < -0.39 is 5.60 Å². The van der Waals surface area contributed by atoms with Crippen molar-refractivity contribution in [3.63, 3.8) is 0 Å². The lowest BCUT2D eigenvalue weighted by Crippen LogP contribution is -2.53. The van der Waals surface area contributed by atoms with E-state index in [0.29, 0.717) is 69.0 Å². The fourth-order valence-corrected chi connectivity index (χ4v) is 6.89. The third kappa shape index (κ3) is 8.82. The molecule has 3 aliphatic rings. The van der Waals surface area contributed by atoms with Gasteiger partial charge in [0, 0.05) is 56.9 Å². The van der Waals surface area contributed by atoms with E-state index in [-0.39, 0.29) is 35.5 Å². The van der Waals surface area contributed by atoms with Crippen LogP contribution in [0.25, 0.3) is 0 Å². The van der Waals surface area contributed by atoms with Crippen LogP contribution in [0.4, 0.5) is 11.4 Å². The number of piperidine rings is 1. The van der Waals surface area contributed by atoms with Crippen LogP contribution in [0.15, 0.2) is 18.2 Å². The first kappa shape index (κ1) is 34.4. The molecule has 3 atom stereocenters. The van der Waals surface area contributed by atoms with E-state index in [0.717, 1.165) is 37.9 Å². The van der Waals surface area contributed by atoms with Crippen LogP contribution in [0.2, 0.25) is 0 Å². The van der Waals surface area contributed by atoms with Crippen LogP contribution in [0.5, 0.6) is 5.75 Å². The van der Waals surface area contributed by atoms with Crippen LogP contribution in [0.3, 0.4) is 0 Å². The molecule has 2 aliphatic heterocycles. The predicted molar refractivity (Wildman–Crippen MR) is 175 cm³/mol. The summed E-state index contributed by atoms with van der Waals surface area (Å²) in [5, 5.41) is 3.40. The number of nitrogens with one attached hydrogen (secondary N) is 1. The highest BCUT2D eigenvalue weighted by Gasteiger charge is 2.43. The first-order valence-electron chi connectivity index (χ1n) is 16.8. The maximum absolute atomic E-state index is 14.1. The molecule has 1 unspecified atom stereocenters. The van der Waals surface area contributed by atoms with Crippen LogP contribution >= 0.6 is 0 Å². The van der Waals surface area contributed by atoms with Gasteiger partial charge in [0.25, 0.3) is 5.91 Å². The van der Waals surface area contributed by atoms with E-state index in [2.05, 4.69) is 38.2 Å². The number of carbonyl (C=O) groups is 3. The fourth-order valence-electron chi connectivity index (χ4n) is 6.89. The molecule has 1 saturated carbocycles. The van der Waals surface area contributed by atoms with E-state index >= 15 is 0 Å². The summed E-state index contributed by atoms with van der Waals surface area (Å²) in [6.07, 6.45) is 6.20. The zero-order valence-electron chi connectivity index (χ0n) is 28.2. The molecular weight excluding hydrogens is 556 g/mol. The van der Waals surface area contributed by atoms with Gasteiger partial charge in [-0.3, -0.25) is 14.4 Å². The Balaban J connectivity index is 1.44. The van der Waals surface area contributed by atoms with Gasteiger partial charge in [0.1, 0.15) is 11.5 Å². The van der Waals surface area contributed by atoms with Crippen molar-refractivity contribution in [3.05, 3.63) is 18.2 Å². The van der Waals surface area contributed by atoms with Gasteiger partial charge in [-0.25, -0.2) is 0 Å². The highest BCUT2D eigenvalue weighted by molar-refractivity contribution is 6.04. The molecule has 2 fully saturated rings. The lowest BCUT2D eigenvalue weighted by Gasteiger charge is -2.39. The van der Waals surface area contributed by atoms with Crippen LogP contribution in [-0.4, -0.2) is 87.6 Å². The quantitative estimate of drug-likeness (QED) is 0.265. The monoisotopic (exact) mass is 612 g/mol. The number of benzene rings is 1. The van der Waals surface area contributed by atoms with Gasteiger partial charge in [-0.05, 0) is 103 Å². The van der Waals surface area contributed by atoms with Gasteiger partial charge in [-0.2, -0.15) is 0 Å². The summed E-state index contributed by atoms with van der Waals surface area (Å²) in [5.74, 6) is 1.69. The first-order chi connectivity index (χ1) is 20.9. The number of hydrogen-bond donors (Lipinski definition) is 1. The minimum absolute atomic E-state index is 0.0599. The van der Waals surface area contributed by atoms with Crippen molar-refractivity contribution in [2.45, 2.75) is 91.2 Å². The number of nitrogens with zero attached hydrogens (tertiary/aromatic N) is 3. The van der Waals surface area contributed by atoms with Crippen molar-refractivity contribution >= 4 is 29.0 Å². The van der Waals surface area contributed by atoms with Crippen molar-refractivity contribution in [3.8, 4) is 5.75 Å². The molecule has 1 saturated heterocycles. The van der Waals surface area contributed by atoms with E-state index in [1.54, 1.807) is 18.7 Å². The highest BCUT2D eigenvalue weighted by atomic mass is 16.5. The zero-order valence-corrected chi connectivity index (χ0v) is 28.2. The summed E-state index contributed by atoms with van der Waals surface area (Å²) < 4.78 is 11.7. The molecule has 4 rings (SSSR count). The topological polar surface area (TPSA) is 91.4 Å². The second-order valence-electron chi connectivity index (χ2n) is 14.3. The molecule has 0 radical (unpaired) electrons. The Morgan fingerprint density at radius 2 is 1.89 bits per heavy atom. The third-order valence-electron chi connectivity index (χ3n) is 9.07. The minimum Gasteiger partial charge on any atom is -0.476 e. The van der Waals surface area contributed by atoms with Crippen molar-refractivity contribution in [2.24, 2.45) is 23.7 Å². The molecule has 44 heavy (non-hydrogen) atoms. The lowest BCUT2D eigenvalue weighted by molar-refractivity contribution is -0.133. The van der Waals surface area contributed by atoms with Crippen LogP contribution in [-0.2, 0) is 19.1 Å². The number of Topliss-reactive ketones (excluding diaryl/α,β-unsaturated/α-hetero) is 1. The molecule has 1 N–H and O–H groups in total. The summed E-state index contributed by atoms with van der Waals surface area (Å²) in [4.78, 5) is 46.7. The summed E-state index contributed by atoms with van der Waals surface area (Å²) in [7, 11) is 4.23. The maximum atomic E-state index is 14.1. The molecule has 246 valence electrons. The summed E-state index contributed by atoms with van der Waals surface area (Å²) in [6.45, 7) is 13.7. The van der Waals surface area contributed by atoms with Gasteiger partial charge in [0.2, 0.25) is 5.91 Å². The van der Waals surface area contributed by atoms with Crippen LogP contribution < -0.4 is 19.9 Å². The molecule has 1 aliphatic carbocycles. The fraction of sp³-hybridized carbons (Fsp3) is 0.743.